The van der Waals surface area contributed by atoms with Crippen molar-refractivity contribution in [3.05, 3.63) is 0 Å². The molecule has 7 nitrogen and oxygen atoms in total. The maximum absolute atomic E-state index is 9.41. The van der Waals surface area contributed by atoms with Crippen molar-refractivity contribution in [3.8, 4) is 0 Å². The molecule has 6 N–H and O–H groups in total. The van der Waals surface area contributed by atoms with Crippen LogP contribution in [0.15, 0.2) is 0 Å². The fourth-order valence-electron chi connectivity index (χ4n) is 2.22. The summed E-state index contributed by atoms with van der Waals surface area (Å²) in [5.41, 5.74) is -1.28. The van der Waals surface area contributed by atoms with E-state index in [4.69, 9.17) is 15.3 Å². The van der Waals surface area contributed by atoms with Crippen LogP contribution in [0.5, 0.6) is 0 Å². The molecule has 0 aliphatic heterocycles. The van der Waals surface area contributed by atoms with Gasteiger partial charge in [-0.15, -0.1) is 0 Å². The van der Waals surface area contributed by atoms with Crippen molar-refractivity contribution in [1.82, 2.24) is 0 Å². The first-order valence-electron chi connectivity index (χ1n) is 5.63. The largest absolute Gasteiger partial charge is 1.00 e. The van der Waals surface area contributed by atoms with Gasteiger partial charge in [0.1, 0.15) is 39.5 Å². The molecule has 0 spiro atoms. The lowest BCUT2D eigenvalue weighted by Crippen LogP contribution is -3.00. The van der Waals surface area contributed by atoms with E-state index in [2.05, 4.69) is 0 Å². The molecule has 0 aliphatic rings. The van der Waals surface area contributed by atoms with E-state index in [9.17, 15) is 15.3 Å². The summed E-state index contributed by atoms with van der Waals surface area (Å²) in [4.78, 5) is 0. The molecule has 0 aromatic heterocycles. The summed E-state index contributed by atoms with van der Waals surface area (Å²) in [5.74, 6) is 0. The van der Waals surface area contributed by atoms with Crippen LogP contribution in [0.3, 0.4) is 0 Å². The summed E-state index contributed by atoms with van der Waals surface area (Å²) >= 11 is 0. The van der Waals surface area contributed by atoms with Gasteiger partial charge in [0.2, 0.25) is 0 Å². The zero-order valence-electron chi connectivity index (χ0n) is 10.4. The lowest BCUT2D eigenvalue weighted by atomic mass is 9.95. The minimum absolute atomic E-state index is 0. The van der Waals surface area contributed by atoms with Gasteiger partial charge in [-0.25, -0.2) is 0 Å². The van der Waals surface area contributed by atoms with Gasteiger partial charge in [-0.1, -0.05) is 0 Å². The quantitative estimate of drug-likeness (QED) is 0.223. The van der Waals surface area contributed by atoms with Crippen LogP contribution in [0, 0.1) is 0 Å². The molecule has 0 aliphatic carbocycles. The summed E-state index contributed by atoms with van der Waals surface area (Å²) < 4.78 is -0.125. The normalized spacial score (nSPS) is 12.3. The number of hydrogen-bond acceptors (Lipinski definition) is 6. The van der Waals surface area contributed by atoms with Gasteiger partial charge in [-0.05, 0) is 0 Å². The number of halogens is 1. The second-order valence-corrected chi connectivity index (χ2v) is 4.19. The highest BCUT2D eigenvalue weighted by Gasteiger charge is 2.49. The average molecular weight is 290 g/mol. The van der Waals surface area contributed by atoms with Crippen molar-refractivity contribution in [2.75, 3.05) is 59.3 Å². The third kappa shape index (κ3) is 4.01. The fourth-order valence-corrected chi connectivity index (χ4v) is 2.22. The monoisotopic (exact) mass is 289 g/mol. The summed E-state index contributed by atoms with van der Waals surface area (Å²) in [6.45, 7) is -1.82. The van der Waals surface area contributed by atoms with Crippen molar-refractivity contribution in [2.45, 2.75) is 5.54 Å². The van der Waals surface area contributed by atoms with Gasteiger partial charge < -0.3 is 47.5 Å². The van der Waals surface area contributed by atoms with E-state index in [1.165, 1.54) is 0 Å². The maximum atomic E-state index is 9.41. The minimum Gasteiger partial charge on any atom is -1.00 e. The minimum atomic E-state index is -1.28. The molecular formula is C10H24ClNO6. The Bertz CT molecular complexity index is 178. The number of quaternary nitrogens is 1. The van der Waals surface area contributed by atoms with Crippen molar-refractivity contribution in [1.29, 1.82) is 0 Å². The Morgan fingerprint density at radius 1 is 0.611 bits per heavy atom. The Hall–Kier alpha value is 0.01000. The molecule has 8 heteroatoms. The molecule has 18 heavy (non-hydrogen) atoms. The van der Waals surface area contributed by atoms with Gasteiger partial charge in [-0.2, -0.15) is 0 Å². The molecule has 0 unspecified atom stereocenters. The van der Waals surface area contributed by atoms with Crippen molar-refractivity contribution in [2.24, 2.45) is 0 Å². The van der Waals surface area contributed by atoms with E-state index >= 15 is 0 Å². The van der Waals surface area contributed by atoms with Crippen LogP contribution >= 0.6 is 0 Å². The SMILES string of the molecule is OCC[N+](CCO)(CCO)C(CO)(CO)CO.[Cl-]. The molecular weight excluding hydrogens is 266 g/mol. The third-order valence-electron chi connectivity index (χ3n) is 3.47. The molecule has 0 heterocycles. The first-order valence-corrected chi connectivity index (χ1v) is 5.63. The second kappa shape index (κ2) is 9.88. The van der Waals surface area contributed by atoms with Crippen LogP contribution in [0.2, 0.25) is 0 Å². The van der Waals surface area contributed by atoms with Crippen molar-refractivity contribution in [3.63, 3.8) is 0 Å². The summed E-state index contributed by atoms with van der Waals surface area (Å²) in [6.07, 6.45) is 0. The van der Waals surface area contributed by atoms with Crippen LogP contribution in [-0.2, 0) is 0 Å². The van der Waals surface area contributed by atoms with Crippen LogP contribution in [-0.4, -0.2) is 99.9 Å². The average Bonchev–Trinajstić information content (AvgIpc) is 2.33. The number of hydrogen-bond donors (Lipinski definition) is 6. The Morgan fingerprint density at radius 2 is 0.889 bits per heavy atom. The predicted molar refractivity (Wildman–Crippen MR) is 60.1 cm³/mol. The van der Waals surface area contributed by atoms with Crippen LogP contribution in [0.4, 0.5) is 0 Å². The van der Waals surface area contributed by atoms with E-state index in [-0.39, 0.29) is 56.3 Å². The number of aliphatic hydroxyl groups is 6. The molecule has 0 aromatic carbocycles. The molecule has 0 atom stereocenters. The first-order chi connectivity index (χ1) is 8.11. The predicted octanol–water partition coefficient (Wildman–Crippen LogP) is -6.50. The maximum Gasteiger partial charge on any atom is 0.169 e. The zero-order valence-corrected chi connectivity index (χ0v) is 11.1. The first kappa shape index (κ1) is 20.3. The number of nitrogens with zero attached hydrogens (tertiary/aromatic N) is 1. The fraction of sp³-hybridized carbons (Fsp3) is 1.00. The van der Waals surface area contributed by atoms with Crippen LogP contribution in [0.25, 0.3) is 0 Å². The molecule has 112 valence electrons. The van der Waals surface area contributed by atoms with E-state index in [0.717, 1.165) is 0 Å². The van der Waals surface area contributed by atoms with Gasteiger partial charge in [0.15, 0.2) is 5.54 Å². The lowest BCUT2D eigenvalue weighted by Gasteiger charge is -2.50. The van der Waals surface area contributed by atoms with E-state index in [1.807, 2.05) is 0 Å². The van der Waals surface area contributed by atoms with Gasteiger partial charge in [0, 0.05) is 0 Å². The number of rotatable bonds is 10. The Kier molecular flexibility index (Phi) is 11.2. The molecule has 0 fully saturated rings. The highest BCUT2D eigenvalue weighted by Crippen LogP contribution is 2.24. The van der Waals surface area contributed by atoms with Crippen LogP contribution < -0.4 is 12.4 Å². The molecule has 0 radical (unpaired) electrons. The molecule has 0 aromatic rings. The van der Waals surface area contributed by atoms with Gasteiger partial charge in [0.25, 0.3) is 0 Å². The third-order valence-corrected chi connectivity index (χ3v) is 3.47. The standard InChI is InChI=1S/C10H24NO6.ClH/c12-4-1-11(2-5-13,3-6-14)10(7-15,8-16)9-17;/h12-17H,1-9H2;1H/q+1;/p-1. The smallest absolute Gasteiger partial charge is 0.169 e. The summed E-state index contributed by atoms with van der Waals surface area (Å²) in [7, 11) is 0. The Balaban J connectivity index is 0. The van der Waals surface area contributed by atoms with E-state index in [0.29, 0.717) is 0 Å². The van der Waals surface area contributed by atoms with Gasteiger partial charge >= 0.3 is 0 Å². The van der Waals surface area contributed by atoms with E-state index in [1.54, 1.807) is 0 Å². The molecule has 0 bridgehead atoms. The number of aliphatic hydroxyl groups excluding tert-OH is 6. The molecule has 0 amide bonds. The topological polar surface area (TPSA) is 121 Å². The Morgan fingerprint density at radius 3 is 1.06 bits per heavy atom. The molecule has 0 saturated heterocycles. The highest BCUT2D eigenvalue weighted by molar-refractivity contribution is 4.81. The van der Waals surface area contributed by atoms with Crippen molar-refractivity contribution >= 4 is 0 Å². The van der Waals surface area contributed by atoms with Crippen LogP contribution in [0.1, 0.15) is 0 Å². The highest BCUT2D eigenvalue weighted by atomic mass is 35.5. The molecule has 0 saturated carbocycles. The Labute approximate surface area is 113 Å². The zero-order chi connectivity index (χ0) is 13.4. The second-order valence-electron chi connectivity index (χ2n) is 4.19. The van der Waals surface area contributed by atoms with E-state index < -0.39 is 25.4 Å². The summed E-state index contributed by atoms with van der Waals surface area (Å²) in [5, 5.41) is 55.5. The molecule has 0 rings (SSSR count). The van der Waals surface area contributed by atoms with Gasteiger partial charge in [-0.3, -0.25) is 0 Å². The summed E-state index contributed by atoms with van der Waals surface area (Å²) in [6, 6.07) is 0. The lowest BCUT2D eigenvalue weighted by molar-refractivity contribution is -0.978. The van der Waals surface area contributed by atoms with Crippen molar-refractivity contribution < 1.29 is 47.5 Å². The van der Waals surface area contributed by atoms with Gasteiger partial charge in [0.05, 0.1) is 19.8 Å².